The molecule has 0 unspecified atom stereocenters. The molecule has 3 aromatic rings. The quantitative estimate of drug-likeness (QED) is 0.495. The number of hydrogen-bond acceptors (Lipinski definition) is 5. The van der Waals surface area contributed by atoms with E-state index in [1.807, 2.05) is 13.0 Å². The molecule has 0 radical (unpaired) electrons. The fraction of sp³-hybridized carbons (Fsp3) is 0.480. The third-order valence-corrected chi connectivity index (χ3v) is 8.76. The molecule has 1 amide bonds. The molecule has 1 aliphatic rings. The zero-order valence-corrected chi connectivity index (χ0v) is 21.4. The molecule has 2 aromatic heterocycles. The number of benzene rings is 1. The van der Waals surface area contributed by atoms with Crippen molar-refractivity contribution in [2.24, 2.45) is 5.73 Å². The number of sulfonamides is 1. The summed E-state index contributed by atoms with van der Waals surface area (Å²) in [6.07, 6.45) is 8.59. The summed E-state index contributed by atoms with van der Waals surface area (Å²) in [7, 11) is -3.70. The van der Waals surface area contributed by atoms with Gasteiger partial charge in [0.15, 0.2) is 0 Å². The van der Waals surface area contributed by atoms with Gasteiger partial charge in [0.25, 0.3) is 5.91 Å². The number of fused-ring (bicyclic) bond motifs is 1. The molecular weight excluding hydrogens is 469 g/mol. The summed E-state index contributed by atoms with van der Waals surface area (Å²) in [5, 5.41) is 0.463. The number of rotatable bonds is 6. The number of nitrogens with one attached hydrogen (secondary N) is 1. The Morgan fingerprint density at radius 3 is 2.34 bits per heavy atom. The number of hydrogen-bond donors (Lipinski definition) is 2. The lowest BCUT2D eigenvalue weighted by Crippen LogP contribution is -2.34. The van der Waals surface area contributed by atoms with E-state index in [9.17, 15) is 17.6 Å². The van der Waals surface area contributed by atoms with Crippen molar-refractivity contribution in [3.8, 4) is 11.3 Å². The number of carbonyl (C=O) groups is 1. The second-order valence-corrected chi connectivity index (χ2v) is 12.5. The Morgan fingerprint density at radius 2 is 1.80 bits per heavy atom. The van der Waals surface area contributed by atoms with E-state index < -0.39 is 20.7 Å². The van der Waals surface area contributed by atoms with E-state index in [0.29, 0.717) is 28.6 Å². The van der Waals surface area contributed by atoms with Gasteiger partial charge in [-0.05, 0) is 57.7 Å². The fourth-order valence-corrected chi connectivity index (χ4v) is 5.32. The van der Waals surface area contributed by atoms with Crippen molar-refractivity contribution in [1.29, 1.82) is 0 Å². The zero-order chi connectivity index (χ0) is 25.5. The maximum Gasteiger partial charge on any atom is 0.251 e. The summed E-state index contributed by atoms with van der Waals surface area (Å²) >= 11 is 0. The molecule has 0 spiro atoms. The third kappa shape index (κ3) is 4.63. The highest BCUT2D eigenvalue weighted by atomic mass is 32.2. The van der Waals surface area contributed by atoms with Gasteiger partial charge in [-0.15, -0.1) is 0 Å². The maximum atomic E-state index is 14.8. The molecule has 1 saturated carbocycles. The van der Waals surface area contributed by atoms with E-state index in [1.165, 1.54) is 18.5 Å². The molecule has 8 nitrogen and oxygen atoms in total. The molecule has 0 bridgehead atoms. The average Bonchev–Trinajstić information content (AvgIpc) is 3.12. The van der Waals surface area contributed by atoms with E-state index in [4.69, 9.17) is 5.73 Å². The van der Waals surface area contributed by atoms with E-state index in [2.05, 4.69) is 19.3 Å². The van der Waals surface area contributed by atoms with Gasteiger partial charge < -0.3 is 10.3 Å². The van der Waals surface area contributed by atoms with Crippen LogP contribution in [0.2, 0.25) is 0 Å². The Hall–Kier alpha value is -3.01. The van der Waals surface area contributed by atoms with Crippen molar-refractivity contribution in [3.63, 3.8) is 0 Å². The van der Waals surface area contributed by atoms with Crippen molar-refractivity contribution in [3.05, 3.63) is 41.5 Å². The van der Waals surface area contributed by atoms with Crippen LogP contribution in [-0.4, -0.2) is 33.6 Å². The van der Waals surface area contributed by atoms with Crippen LogP contribution in [0.1, 0.15) is 81.8 Å². The lowest BCUT2D eigenvalue weighted by atomic mass is 9.94. The Kier molecular flexibility index (Phi) is 6.61. The first kappa shape index (κ1) is 25.1. The standard InChI is InChI=1S/C25H32FN5O3S/c1-5-15-11-20-18(12-19(15)26)21(23(27)32)22(31(20)17-9-7-6-8-10-17)16-13-28-24(29-14-16)30-35(33,34)25(2,3)4/h11-14,17H,5-10H2,1-4H3,(H2,27,32)(H,28,29,30). The van der Waals surface area contributed by atoms with Crippen LogP contribution < -0.4 is 10.5 Å². The van der Waals surface area contributed by atoms with Gasteiger partial charge in [0, 0.05) is 29.4 Å². The van der Waals surface area contributed by atoms with Crippen molar-refractivity contribution < 1.29 is 17.6 Å². The van der Waals surface area contributed by atoms with E-state index in [0.717, 1.165) is 37.6 Å². The van der Waals surface area contributed by atoms with Crippen LogP contribution in [0.15, 0.2) is 24.5 Å². The predicted molar refractivity (Wildman–Crippen MR) is 135 cm³/mol. The Morgan fingerprint density at radius 1 is 1.17 bits per heavy atom. The highest BCUT2D eigenvalue weighted by Gasteiger charge is 2.31. The normalized spacial score (nSPS) is 15.5. The van der Waals surface area contributed by atoms with E-state index in [1.54, 1.807) is 20.8 Å². The summed E-state index contributed by atoms with van der Waals surface area (Å²) in [5.41, 5.74) is 8.44. The minimum absolute atomic E-state index is 0.0658. The van der Waals surface area contributed by atoms with Crippen LogP contribution in [0.5, 0.6) is 0 Å². The van der Waals surface area contributed by atoms with Gasteiger partial charge >= 0.3 is 0 Å². The highest BCUT2D eigenvalue weighted by molar-refractivity contribution is 7.94. The molecule has 1 fully saturated rings. The monoisotopic (exact) mass is 501 g/mol. The first-order chi connectivity index (χ1) is 16.4. The number of anilines is 1. The molecule has 10 heteroatoms. The lowest BCUT2D eigenvalue weighted by Gasteiger charge is -2.27. The van der Waals surface area contributed by atoms with E-state index >= 15 is 0 Å². The number of aryl methyl sites for hydroxylation is 1. The van der Waals surface area contributed by atoms with Gasteiger partial charge in [0.1, 0.15) is 5.82 Å². The van der Waals surface area contributed by atoms with Gasteiger partial charge in [-0.3, -0.25) is 9.52 Å². The summed E-state index contributed by atoms with van der Waals surface area (Å²) in [5.74, 6) is -1.11. The number of nitrogens with zero attached hydrogens (tertiary/aromatic N) is 3. The number of carbonyl (C=O) groups excluding carboxylic acids is 1. The van der Waals surface area contributed by atoms with Crippen molar-refractivity contribution in [1.82, 2.24) is 14.5 Å². The molecule has 4 rings (SSSR count). The number of primary amides is 1. The fourth-order valence-electron chi connectivity index (χ4n) is 4.67. The molecule has 188 valence electrons. The number of nitrogens with two attached hydrogens (primary N) is 1. The minimum Gasteiger partial charge on any atom is -0.366 e. The molecule has 1 aliphatic carbocycles. The first-order valence-electron chi connectivity index (χ1n) is 12.0. The molecule has 1 aromatic carbocycles. The van der Waals surface area contributed by atoms with Gasteiger partial charge in [-0.1, -0.05) is 26.2 Å². The van der Waals surface area contributed by atoms with Crippen molar-refractivity contribution in [2.45, 2.75) is 77.0 Å². The SMILES string of the molecule is CCc1cc2c(cc1F)c(C(N)=O)c(-c1cnc(NS(=O)(=O)C(C)(C)C)nc1)n2C1CCCCC1. The summed E-state index contributed by atoms with van der Waals surface area (Å²) < 4.78 is 43.3. The molecule has 35 heavy (non-hydrogen) atoms. The molecule has 2 heterocycles. The van der Waals surface area contributed by atoms with Crippen LogP contribution in [0, 0.1) is 5.82 Å². The number of halogens is 1. The Labute approximate surface area is 205 Å². The van der Waals surface area contributed by atoms with Gasteiger partial charge in [0.2, 0.25) is 16.0 Å². The summed E-state index contributed by atoms with van der Waals surface area (Å²) in [6, 6.07) is 3.31. The second kappa shape index (κ2) is 9.22. The Balaban J connectivity index is 1.92. The largest absolute Gasteiger partial charge is 0.366 e. The van der Waals surface area contributed by atoms with Crippen molar-refractivity contribution in [2.75, 3.05) is 4.72 Å². The predicted octanol–water partition coefficient (Wildman–Crippen LogP) is 4.94. The third-order valence-electron chi connectivity index (χ3n) is 6.70. The molecule has 0 aliphatic heterocycles. The Bertz CT molecular complexity index is 1370. The van der Waals surface area contributed by atoms with Crippen LogP contribution in [-0.2, 0) is 16.4 Å². The smallest absolute Gasteiger partial charge is 0.251 e. The second-order valence-electron chi connectivity index (χ2n) is 10.1. The van der Waals surface area contributed by atoms with Crippen LogP contribution >= 0.6 is 0 Å². The highest BCUT2D eigenvalue weighted by Crippen LogP contribution is 2.41. The molecule has 3 N–H and O–H groups in total. The van der Waals surface area contributed by atoms with Gasteiger partial charge in [-0.25, -0.2) is 22.8 Å². The van der Waals surface area contributed by atoms with Gasteiger partial charge in [0.05, 0.1) is 21.5 Å². The van der Waals surface area contributed by atoms with Crippen LogP contribution in [0.3, 0.4) is 0 Å². The van der Waals surface area contributed by atoms with E-state index in [-0.39, 0.29) is 23.4 Å². The minimum atomic E-state index is -3.70. The molecule has 0 saturated heterocycles. The number of aromatic nitrogens is 3. The first-order valence-corrected chi connectivity index (χ1v) is 13.4. The van der Waals surface area contributed by atoms with Gasteiger partial charge in [-0.2, -0.15) is 0 Å². The maximum absolute atomic E-state index is 14.8. The van der Waals surface area contributed by atoms with Crippen LogP contribution in [0.4, 0.5) is 10.3 Å². The lowest BCUT2D eigenvalue weighted by molar-refractivity contribution is 0.100. The topological polar surface area (TPSA) is 120 Å². The number of amides is 1. The zero-order valence-electron chi connectivity index (χ0n) is 20.6. The summed E-state index contributed by atoms with van der Waals surface area (Å²) in [4.78, 5) is 21.1. The average molecular weight is 502 g/mol. The van der Waals surface area contributed by atoms with Crippen LogP contribution in [0.25, 0.3) is 22.2 Å². The van der Waals surface area contributed by atoms with Crippen molar-refractivity contribution >= 4 is 32.8 Å². The molecular formula is C25H32FN5O3S. The summed E-state index contributed by atoms with van der Waals surface area (Å²) in [6.45, 7) is 6.62. The molecule has 0 atom stereocenters.